The van der Waals surface area contributed by atoms with Crippen LogP contribution in [0.3, 0.4) is 0 Å². The summed E-state index contributed by atoms with van der Waals surface area (Å²) >= 11 is 6.01. The fraction of sp³-hybridized carbons (Fsp3) is 0.480. The second-order valence-electron chi connectivity index (χ2n) is 8.54. The molecule has 0 saturated carbocycles. The van der Waals surface area contributed by atoms with Gasteiger partial charge in [0.2, 0.25) is 5.91 Å². The number of hydrogen-bond donors (Lipinski definition) is 0. The molecule has 29 heavy (non-hydrogen) atoms. The molecule has 0 radical (unpaired) electrons. The highest BCUT2D eigenvalue weighted by atomic mass is 35.5. The van der Waals surface area contributed by atoms with Gasteiger partial charge >= 0.3 is 0 Å². The SMILES string of the molecule is CC[C@@]1(C)CC(CCN(Cc2ccc(Cl)cc2)C(C)=O)(c2ccccc2)CCO1. The lowest BCUT2D eigenvalue weighted by molar-refractivity contribution is -0.130. The molecule has 4 heteroatoms. The zero-order valence-corrected chi connectivity index (χ0v) is 18.5. The monoisotopic (exact) mass is 413 g/mol. The van der Waals surface area contributed by atoms with Crippen LogP contribution in [-0.2, 0) is 21.5 Å². The number of benzene rings is 2. The summed E-state index contributed by atoms with van der Waals surface area (Å²) in [5, 5.41) is 0.715. The Morgan fingerprint density at radius 3 is 2.45 bits per heavy atom. The lowest BCUT2D eigenvalue weighted by atomic mass is 9.66. The predicted molar refractivity (Wildman–Crippen MR) is 119 cm³/mol. The van der Waals surface area contributed by atoms with Gasteiger partial charge in [0.25, 0.3) is 0 Å². The Balaban J connectivity index is 1.81. The normalized spacial score (nSPS) is 24.3. The first-order valence-electron chi connectivity index (χ1n) is 10.6. The number of ether oxygens (including phenoxy) is 1. The van der Waals surface area contributed by atoms with Crippen LogP contribution in [0.4, 0.5) is 0 Å². The van der Waals surface area contributed by atoms with E-state index in [0.29, 0.717) is 11.6 Å². The Morgan fingerprint density at radius 1 is 1.14 bits per heavy atom. The van der Waals surface area contributed by atoms with E-state index in [1.54, 1.807) is 6.92 Å². The summed E-state index contributed by atoms with van der Waals surface area (Å²) in [5.41, 5.74) is 2.37. The largest absolute Gasteiger partial charge is 0.375 e. The van der Waals surface area contributed by atoms with E-state index in [2.05, 4.69) is 44.2 Å². The van der Waals surface area contributed by atoms with Crippen molar-refractivity contribution in [2.75, 3.05) is 13.2 Å². The van der Waals surface area contributed by atoms with Gasteiger partial charge in [-0.2, -0.15) is 0 Å². The molecule has 1 amide bonds. The van der Waals surface area contributed by atoms with Crippen LogP contribution in [-0.4, -0.2) is 29.6 Å². The smallest absolute Gasteiger partial charge is 0.219 e. The van der Waals surface area contributed by atoms with E-state index in [-0.39, 0.29) is 16.9 Å². The second kappa shape index (κ2) is 9.32. The van der Waals surface area contributed by atoms with E-state index >= 15 is 0 Å². The first-order valence-corrected chi connectivity index (χ1v) is 10.9. The summed E-state index contributed by atoms with van der Waals surface area (Å²) in [6.45, 7) is 8.18. The summed E-state index contributed by atoms with van der Waals surface area (Å²) in [5.74, 6) is 0.105. The summed E-state index contributed by atoms with van der Waals surface area (Å²) in [7, 11) is 0. The van der Waals surface area contributed by atoms with Crippen molar-refractivity contribution in [1.82, 2.24) is 4.90 Å². The number of carbonyl (C=O) groups is 1. The van der Waals surface area contributed by atoms with Gasteiger partial charge in [0.15, 0.2) is 0 Å². The molecule has 0 N–H and O–H groups in total. The molecule has 0 spiro atoms. The predicted octanol–water partition coefficient (Wildman–Crippen LogP) is 6.00. The van der Waals surface area contributed by atoms with Crippen LogP contribution in [0.5, 0.6) is 0 Å². The van der Waals surface area contributed by atoms with Crippen LogP contribution in [0.25, 0.3) is 0 Å². The highest BCUT2D eigenvalue weighted by Gasteiger charge is 2.43. The number of rotatable bonds is 7. The number of hydrogen-bond acceptors (Lipinski definition) is 2. The minimum absolute atomic E-state index is 0.0258. The molecular formula is C25H32ClNO2. The standard InChI is InChI=1S/C25H32ClNO2/c1-4-24(3)19-25(15-17-29-24,22-8-6-5-7-9-22)14-16-27(20(2)28)18-21-10-12-23(26)13-11-21/h5-13H,4,14-19H2,1-3H3/t24-,25?/m0/s1. The second-order valence-corrected chi connectivity index (χ2v) is 8.98. The summed E-state index contributed by atoms with van der Waals surface area (Å²) in [4.78, 5) is 14.3. The Morgan fingerprint density at radius 2 is 1.83 bits per heavy atom. The van der Waals surface area contributed by atoms with Crippen molar-refractivity contribution in [3.05, 3.63) is 70.7 Å². The topological polar surface area (TPSA) is 29.5 Å². The number of nitrogens with zero attached hydrogens (tertiary/aromatic N) is 1. The van der Waals surface area contributed by atoms with Crippen molar-refractivity contribution in [2.24, 2.45) is 0 Å². The van der Waals surface area contributed by atoms with Crippen molar-refractivity contribution in [3.8, 4) is 0 Å². The maximum absolute atomic E-state index is 12.4. The minimum atomic E-state index is -0.120. The Labute approximate surface area is 180 Å². The van der Waals surface area contributed by atoms with Crippen LogP contribution >= 0.6 is 11.6 Å². The average Bonchev–Trinajstić information content (AvgIpc) is 2.73. The van der Waals surface area contributed by atoms with Crippen LogP contribution in [0.1, 0.15) is 57.6 Å². The van der Waals surface area contributed by atoms with Gasteiger partial charge < -0.3 is 9.64 Å². The van der Waals surface area contributed by atoms with Gasteiger partial charge in [-0.15, -0.1) is 0 Å². The Kier molecular flexibility index (Phi) is 7.02. The van der Waals surface area contributed by atoms with E-state index in [1.165, 1.54) is 5.56 Å². The summed E-state index contributed by atoms with van der Waals surface area (Å²) in [6, 6.07) is 18.5. The molecule has 0 bridgehead atoms. The van der Waals surface area contributed by atoms with Crippen molar-refractivity contribution in [3.63, 3.8) is 0 Å². The first-order chi connectivity index (χ1) is 13.9. The molecule has 3 rings (SSSR count). The zero-order chi connectivity index (χ0) is 20.9. The molecule has 1 aliphatic rings. The number of carbonyl (C=O) groups excluding carboxylic acids is 1. The summed E-state index contributed by atoms with van der Waals surface area (Å²) < 4.78 is 6.16. The Bertz CT molecular complexity index is 807. The van der Waals surface area contributed by atoms with Gasteiger partial charge in [-0.25, -0.2) is 0 Å². The van der Waals surface area contributed by atoms with Crippen molar-refractivity contribution in [1.29, 1.82) is 0 Å². The van der Waals surface area contributed by atoms with Gasteiger partial charge in [0.1, 0.15) is 0 Å². The first kappa shape index (κ1) is 21.9. The van der Waals surface area contributed by atoms with Gasteiger partial charge in [-0.05, 0) is 55.9 Å². The van der Waals surface area contributed by atoms with E-state index in [9.17, 15) is 4.79 Å². The molecule has 2 atom stereocenters. The van der Waals surface area contributed by atoms with Gasteiger partial charge in [0, 0.05) is 37.1 Å². The lowest BCUT2D eigenvalue weighted by Gasteiger charge is -2.47. The molecule has 1 aliphatic heterocycles. The fourth-order valence-electron chi connectivity index (χ4n) is 4.48. The third-order valence-corrected chi connectivity index (χ3v) is 6.72. The van der Waals surface area contributed by atoms with Crippen LogP contribution in [0, 0.1) is 0 Å². The van der Waals surface area contributed by atoms with Crippen molar-refractivity contribution in [2.45, 2.75) is 64.0 Å². The number of halogens is 1. The molecule has 2 aromatic rings. The van der Waals surface area contributed by atoms with Crippen molar-refractivity contribution >= 4 is 17.5 Å². The Hall–Kier alpha value is -1.84. The molecule has 0 aromatic heterocycles. The highest BCUT2D eigenvalue weighted by Crippen LogP contribution is 2.45. The number of amides is 1. The fourth-order valence-corrected chi connectivity index (χ4v) is 4.60. The van der Waals surface area contributed by atoms with E-state index in [4.69, 9.17) is 16.3 Å². The van der Waals surface area contributed by atoms with Gasteiger partial charge in [0.05, 0.1) is 5.60 Å². The van der Waals surface area contributed by atoms with Gasteiger partial charge in [-0.3, -0.25) is 4.79 Å². The minimum Gasteiger partial charge on any atom is -0.375 e. The maximum atomic E-state index is 12.4. The molecular weight excluding hydrogens is 382 g/mol. The molecule has 1 unspecified atom stereocenters. The molecule has 1 saturated heterocycles. The van der Waals surface area contributed by atoms with Crippen LogP contribution in [0.15, 0.2) is 54.6 Å². The lowest BCUT2D eigenvalue weighted by Crippen LogP contribution is -2.47. The summed E-state index contributed by atoms with van der Waals surface area (Å²) in [6.07, 6.45) is 3.89. The van der Waals surface area contributed by atoms with Crippen LogP contribution < -0.4 is 0 Å². The molecule has 2 aromatic carbocycles. The van der Waals surface area contributed by atoms with Crippen LogP contribution in [0.2, 0.25) is 5.02 Å². The highest BCUT2D eigenvalue weighted by molar-refractivity contribution is 6.30. The molecule has 3 nitrogen and oxygen atoms in total. The molecule has 1 heterocycles. The molecule has 156 valence electrons. The molecule has 0 aliphatic carbocycles. The quantitative estimate of drug-likeness (QED) is 0.557. The maximum Gasteiger partial charge on any atom is 0.219 e. The van der Waals surface area contributed by atoms with Gasteiger partial charge in [-0.1, -0.05) is 61.0 Å². The third kappa shape index (κ3) is 5.40. The average molecular weight is 414 g/mol. The van der Waals surface area contributed by atoms with E-state index in [1.807, 2.05) is 29.2 Å². The van der Waals surface area contributed by atoms with E-state index in [0.717, 1.165) is 44.4 Å². The molecule has 1 fully saturated rings. The van der Waals surface area contributed by atoms with Crippen molar-refractivity contribution < 1.29 is 9.53 Å². The third-order valence-electron chi connectivity index (χ3n) is 6.47. The van der Waals surface area contributed by atoms with E-state index < -0.39 is 0 Å². The zero-order valence-electron chi connectivity index (χ0n) is 17.8.